The van der Waals surface area contributed by atoms with E-state index in [9.17, 15) is 19.6 Å². The third-order valence-corrected chi connectivity index (χ3v) is 5.21. The van der Waals surface area contributed by atoms with Gasteiger partial charge in [-0.3, -0.25) is 14.6 Å². The molecule has 9 heteroatoms. The number of hydrogen-bond donors (Lipinski definition) is 4. The molecular formula is C24H27BN4O4. The fraction of sp³-hybridized carbons (Fsp3) is 0.250. The Balaban J connectivity index is 1.66. The molecule has 1 heterocycles. The molecule has 0 aliphatic rings. The van der Waals surface area contributed by atoms with Crippen LogP contribution in [0.15, 0.2) is 79.3 Å². The number of nitrogens with one attached hydrogen (secondary N) is 2. The minimum atomic E-state index is -1.72. The van der Waals surface area contributed by atoms with E-state index in [1.54, 1.807) is 0 Å². The number of aromatic nitrogens is 2. The van der Waals surface area contributed by atoms with Crippen LogP contribution < -0.4 is 10.6 Å². The summed E-state index contributed by atoms with van der Waals surface area (Å²) in [6, 6.07) is 18.2. The van der Waals surface area contributed by atoms with Crippen molar-refractivity contribution < 1.29 is 19.6 Å². The van der Waals surface area contributed by atoms with Crippen LogP contribution in [-0.4, -0.2) is 50.9 Å². The van der Waals surface area contributed by atoms with Crippen LogP contribution in [0.2, 0.25) is 0 Å². The van der Waals surface area contributed by atoms with Crippen molar-refractivity contribution >= 4 is 18.9 Å². The summed E-state index contributed by atoms with van der Waals surface area (Å²) in [6.07, 6.45) is 6.17. The van der Waals surface area contributed by atoms with Crippen molar-refractivity contribution in [2.45, 2.75) is 37.7 Å². The van der Waals surface area contributed by atoms with Crippen molar-refractivity contribution in [1.29, 1.82) is 0 Å². The first kappa shape index (κ1) is 24.1. The number of carbonyl (C=O) groups excluding carboxylic acids is 2. The number of amides is 2. The van der Waals surface area contributed by atoms with E-state index in [0.717, 1.165) is 17.5 Å². The molecule has 0 bridgehead atoms. The molecule has 2 atom stereocenters. The van der Waals surface area contributed by atoms with Gasteiger partial charge in [0.25, 0.3) is 5.91 Å². The highest BCUT2D eigenvalue weighted by molar-refractivity contribution is 6.43. The molecule has 2 aromatic carbocycles. The van der Waals surface area contributed by atoms with Gasteiger partial charge >= 0.3 is 7.12 Å². The van der Waals surface area contributed by atoms with Crippen LogP contribution in [0.5, 0.6) is 0 Å². The highest BCUT2D eigenvalue weighted by Gasteiger charge is 2.29. The van der Waals surface area contributed by atoms with Gasteiger partial charge in [-0.05, 0) is 30.4 Å². The minimum Gasteiger partial charge on any atom is -0.426 e. The molecule has 1 aromatic heterocycles. The number of rotatable bonds is 11. The molecule has 0 saturated carbocycles. The van der Waals surface area contributed by atoms with E-state index in [1.807, 2.05) is 60.7 Å². The molecule has 0 aliphatic carbocycles. The molecule has 0 radical (unpaired) electrons. The molecule has 0 saturated heterocycles. The monoisotopic (exact) mass is 446 g/mol. The first-order valence-electron chi connectivity index (χ1n) is 10.8. The lowest BCUT2D eigenvalue weighted by atomic mass is 9.76. The summed E-state index contributed by atoms with van der Waals surface area (Å²) in [5.74, 6) is -1.91. The Kier molecular flexibility index (Phi) is 9.11. The maximum Gasteiger partial charge on any atom is 0.475 e. The topological polar surface area (TPSA) is 124 Å². The average Bonchev–Trinajstić information content (AvgIpc) is 2.84. The molecular weight excluding hydrogens is 419 g/mol. The molecule has 3 aromatic rings. The summed E-state index contributed by atoms with van der Waals surface area (Å²) in [5, 5.41) is 25.0. The van der Waals surface area contributed by atoms with Gasteiger partial charge < -0.3 is 20.7 Å². The maximum atomic E-state index is 13.1. The Morgan fingerprint density at radius 3 is 2.18 bits per heavy atom. The van der Waals surface area contributed by atoms with Crippen LogP contribution in [-0.2, 0) is 17.6 Å². The second-order valence-corrected chi connectivity index (χ2v) is 7.71. The van der Waals surface area contributed by atoms with Gasteiger partial charge in [-0.1, -0.05) is 60.7 Å². The van der Waals surface area contributed by atoms with Crippen LogP contribution in [0.25, 0.3) is 0 Å². The zero-order valence-electron chi connectivity index (χ0n) is 18.2. The van der Waals surface area contributed by atoms with Gasteiger partial charge in [-0.15, -0.1) is 0 Å². The van der Waals surface area contributed by atoms with Crippen LogP contribution >= 0.6 is 0 Å². The second kappa shape index (κ2) is 12.5. The zero-order valence-corrected chi connectivity index (χ0v) is 18.2. The second-order valence-electron chi connectivity index (χ2n) is 7.71. The van der Waals surface area contributed by atoms with E-state index >= 15 is 0 Å². The van der Waals surface area contributed by atoms with Gasteiger partial charge in [0.1, 0.15) is 11.7 Å². The van der Waals surface area contributed by atoms with Crippen LogP contribution in [0.1, 0.15) is 34.5 Å². The fourth-order valence-electron chi connectivity index (χ4n) is 3.46. The SMILES string of the molecule is O=C(N[C@H](Cc1ccccc1)C(=O)N[C@@H](CCCc1ccccc1)B(O)O)c1cnccn1. The van der Waals surface area contributed by atoms with Crippen molar-refractivity contribution in [3.05, 3.63) is 96.1 Å². The number of nitrogens with zero attached hydrogens (tertiary/aromatic N) is 2. The highest BCUT2D eigenvalue weighted by Crippen LogP contribution is 2.09. The summed E-state index contributed by atoms with van der Waals surface area (Å²) < 4.78 is 0. The lowest BCUT2D eigenvalue weighted by Crippen LogP contribution is -2.54. The Bertz CT molecular complexity index is 1010. The first-order valence-corrected chi connectivity index (χ1v) is 10.8. The Labute approximate surface area is 193 Å². The molecule has 0 spiro atoms. The van der Waals surface area contributed by atoms with Gasteiger partial charge in [-0.25, -0.2) is 4.98 Å². The van der Waals surface area contributed by atoms with E-state index in [0.29, 0.717) is 12.8 Å². The standard InChI is InChI=1S/C24H27BN4O4/c30-23(29-22(25(32)33)13-7-12-18-8-3-1-4-9-18)20(16-19-10-5-2-6-11-19)28-24(31)21-17-26-14-15-27-21/h1-6,8-11,14-15,17,20,22,32-33H,7,12-13,16H2,(H,28,31)(H,29,30)/t20-,22+/m1/s1. The fourth-order valence-corrected chi connectivity index (χ4v) is 3.46. The predicted octanol–water partition coefficient (Wildman–Crippen LogP) is 1.34. The van der Waals surface area contributed by atoms with E-state index in [2.05, 4.69) is 20.6 Å². The maximum absolute atomic E-state index is 13.1. The lowest BCUT2D eigenvalue weighted by molar-refractivity contribution is -0.123. The molecule has 3 rings (SSSR count). The average molecular weight is 446 g/mol. The van der Waals surface area contributed by atoms with E-state index in [1.165, 1.54) is 18.6 Å². The van der Waals surface area contributed by atoms with E-state index < -0.39 is 30.9 Å². The van der Waals surface area contributed by atoms with Crippen molar-refractivity contribution in [3.63, 3.8) is 0 Å². The predicted molar refractivity (Wildman–Crippen MR) is 125 cm³/mol. The summed E-state index contributed by atoms with van der Waals surface area (Å²) in [5.41, 5.74) is 2.07. The van der Waals surface area contributed by atoms with Crippen LogP contribution in [0.4, 0.5) is 0 Å². The number of carbonyl (C=O) groups is 2. The molecule has 33 heavy (non-hydrogen) atoms. The van der Waals surface area contributed by atoms with Gasteiger partial charge in [-0.2, -0.15) is 0 Å². The molecule has 2 amide bonds. The molecule has 170 valence electrons. The van der Waals surface area contributed by atoms with Crippen molar-refractivity contribution in [2.75, 3.05) is 0 Å². The Morgan fingerprint density at radius 1 is 0.909 bits per heavy atom. The third kappa shape index (κ3) is 7.82. The summed E-state index contributed by atoms with van der Waals surface area (Å²) >= 11 is 0. The van der Waals surface area contributed by atoms with Crippen LogP contribution in [0, 0.1) is 0 Å². The largest absolute Gasteiger partial charge is 0.475 e. The van der Waals surface area contributed by atoms with Gasteiger partial charge in [0, 0.05) is 18.8 Å². The summed E-state index contributed by atoms with van der Waals surface area (Å²) in [7, 11) is -1.72. The normalized spacial score (nSPS) is 12.4. The minimum absolute atomic E-state index is 0.0879. The van der Waals surface area contributed by atoms with Crippen LogP contribution in [0.3, 0.4) is 0 Å². The van der Waals surface area contributed by atoms with Crippen molar-refractivity contribution in [3.8, 4) is 0 Å². The van der Waals surface area contributed by atoms with Crippen molar-refractivity contribution in [1.82, 2.24) is 20.6 Å². The zero-order chi connectivity index (χ0) is 23.5. The van der Waals surface area contributed by atoms with Gasteiger partial charge in [0.2, 0.25) is 5.91 Å². The summed E-state index contributed by atoms with van der Waals surface area (Å²) in [4.78, 5) is 33.5. The number of hydrogen-bond acceptors (Lipinski definition) is 6. The quantitative estimate of drug-likeness (QED) is 0.330. The van der Waals surface area contributed by atoms with Gasteiger partial charge in [0.05, 0.1) is 12.1 Å². The smallest absolute Gasteiger partial charge is 0.426 e. The van der Waals surface area contributed by atoms with Gasteiger partial charge in [0.15, 0.2) is 0 Å². The molecule has 4 N–H and O–H groups in total. The van der Waals surface area contributed by atoms with Crippen molar-refractivity contribution in [2.24, 2.45) is 0 Å². The number of aryl methyl sites for hydroxylation is 1. The third-order valence-electron chi connectivity index (χ3n) is 5.21. The summed E-state index contributed by atoms with van der Waals surface area (Å²) in [6.45, 7) is 0. The molecule has 0 fully saturated rings. The Morgan fingerprint density at radius 2 is 1.58 bits per heavy atom. The lowest BCUT2D eigenvalue weighted by Gasteiger charge is -2.23. The van der Waals surface area contributed by atoms with E-state index in [-0.39, 0.29) is 12.1 Å². The molecule has 0 unspecified atom stereocenters. The van der Waals surface area contributed by atoms with E-state index in [4.69, 9.17) is 0 Å². The molecule has 0 aliphatic heterocycles. The highest BCUT2D eigenvalue weighted by atomic mass is 16.4. The molecule has 8 nitrogen and oxygen atoms in total. The number of benzene rings is 2. The first-order chi connectivity index (χ1) is 16.0. The Hall–Kier alpha value is -3.56.